The number of pyridine rings is 2. The van der Waals surface area contributed by atoms with Gasteiger partial charge in [0.15, 0.2) is 0 Å². The first-order valence-corrected chi connectivity index (χ1v) is 11.7. The summed E-state index contributed by atoms with van der Waals surface area (Å²) >= 11 is 0. The van der Waals surface area contributed by atoms with E-state index in [9.17, 15) is 9.59 Å². The highest BCUT2D eigenvalue weighted by Crippen LogP contribution is 2.24. The predicted molar refractivity (Wildman–Crippen MR) is 132 cm³/mol. The van der Waals surface area contributed by atoms with Crippen LogP contribution in [0.4, 0.5) is 5.69 Å². The zero-order valence-electron chi connectivity index (χ0n) is 19.9. The van der Waals surface area contributed by atoms with Gasteiger partial charge in [-0.2, -0.15) is 0 Å². The fourth-order valence-corrected chi connectivity index (χ4v) is 4.40. The van der Waals surface area contributed by atoms with Gasteiger partial charge in [-0.15, -0.1) is 0 Å². The molecule has 1 aliphatic rings. The van der Waals surface area contributed by atoms with Crippen LogP contribution in [0.5, 0.6) is 0 Å². The van der Waals surface area contributed by atoms with E-state index in [1.54, 1.807) is 25.4 Å². The van der Waals surface area contributed by atoms with Crippen LogP contribution in [0, 0.1) is 6.92 Å². The lowest BCUT2D eigenvalue weighted by atomic mass is 10.1. The summed E-state index contributed by atoms with van der Waals surface area (Å²) in [5.74, 6) is -0.0456. The van der Waals surface area contributed by atoms with E-state index < -0.39 is 0 Å². The highest BCUT2D eigenvalue weighted by Gasteiger charge is 2.24. The number of rotatable bonds is 3. The number of hydrogen-bond acceptors (Lipinski definition) is 5. The molecule has 3 heterocycles. The second-order valence-corrected chi connectivity index (χ2v) is 8.61. The Balaban J connectivity index is 1.67. The van der Waals surface area contributed by atoms with Crippen LogP contribution in [0.15, 0.2) is 67.0 Å². The molecule has 1 aliphatic heterocycles. The van der Waals surface area contributed by atoms with Crippen molar-refractivity contribution in [2.45, 2.75) is 33.4 Å². The molecule has 2 amide bonds. The Hall–Kier alpha value is -3.58. The van der Waals surface area contributed by atoms with Crippen LogP contribution in [0.2, 0.25) is 0 Å². The first-order valence-electron chi connectivity index (χ1n) is 11.7. The SMILES string of the molecule is CC(=O)N1CCCN(Cc2ccccn2)CCN(C(=O)c2cccnc2C)Cc2ccccc21. The van der Waals surface area contributed by atoms with Crippen LogP contribution in [-0.4, -0.2) is 57.8 Å². The second-order valence-electron chi connectivity index (χ2n) is 8.61. The molecule has 34 heavy (non-hydrogen) atoms. The summed E-state index contributed by atoms with van der Waals surface area (Å²) < 4.78 is 0. The smallest absolute Gasteiger partial charge is 0.256 e. The second kappa shape index (κ2) is 11.0. The van der Waals surface area contributed by atoms with Gasteiger partial charge in [0.05, 0.1) is 11.3 Å². The summed E-state index contributed by atoms with van der Waals surface area (Å²) in [5, 5.41) is 0. The standard InChI is InChI=1S/C27H31N5O2/c1-21-25(11-7-14-28-21)27(34)31-18-17-30(20-24-10-5-6-13-29-24)15-8-16-32(22(2)33)26-12-4-3-9-23(26)19-31/h3-7,9-14H,8,15-20H2,1-2H3. The minimum absolute atomic E-state index is 0.00366. The van der Waals surface area contributed by atoms with E-state index in [2.05, 4.69) is 14.9 Å². The molecule has 0 aliphatic carbocycles. The molecule has 0 saturated carbocycles. The van der Waals surface area contributed by atoms with Gasteiger partial charge in [0, 0.05) is 70.0 Å². The van der Waals surface area contributed by atoms with Crippen LogP contribution in [0.1, 0.15) is 40.7 Å². The topological polar surface area (TPSA) is 69.6 Å². The minimum atomic E-state index is -0.0492. The van der Waals surface area contributed by atoms with Gasteiger partial charge < -0.3 is 9.80 Å². The molecule has 0 spiro atoms. The number of fused-ring (bicyclic) bond motifs is 1. The van der Waals surface area contributed by atoms with Gasteiger partial charge in [-0.3, -0.25) is 24.5 Å². The Bertz CT molecular complexity index is 1130. The van der Waals surface area contributed by atoms with Gasteiger partial charge in [0.25, 0.3) is 5.91 Å². The van der Waals surface area contributed by atoms with Gasteiger partial charge in [-0.05, 0) is 49.2 Å². The normalized spacial score (nSPS) is 15.4. The number of carbonyl (C=O) groups excluding carboxylic acids is 2. The van der Waals surface area contributed by atoms with Gasteiger partial charge in [0.2, 0.25) is 5.91 Å². The van der Waals surface area contributed by atoms with Crippen LogP contribution in [-0.2, 0) is 17.9 Å². The van der Waals surface area contributed by atoms with Crippen LogP contribution >= 0.6 is 0 Å². The third-order valence-electron chi connectivity index (χ3n) is 6.20. The molecule has 0 bridgehead atoms. The molecule has 7 nitrogen and oxygen atoms in total. The number of amides is 2. The Labute approximate surface area is 201 Å². The fraction of sp³-hybridized carbons (Fsp3) is 0.333. The largest absolute Gasteiger partial charge is 0.333 e. The average molecular weight is 458 g/mol. The Morgan fingerprint density at radius 2 is 1.68 bits per heavy atom. The number of anilines is 1. The summed E-state index contributed by atoms with van der Waals surface area (Å²) in [6.45, 7) is 7.28. The van der Waals surface area contributed by atoms with Gasteiger partial charge >= 0.3 is 0 Å². The molecule has 7 heteroatoms. The molecule has 1 aromatic carbocycles. The number of aromatic nitrogens is 2. The Kier molecular flexibility index (Phi) is 7.65. The lowest BCUT2D eigenvalue weighted by Gasteiger charge is -2.28. The van der Waals surface area contributed by atoms with Crippen LogP contribution in [0.3, 0.4) is 0 Å². The maximum atomic E-state index is 13.6. The molecule has 2 aromatic heterocycles. The number of aryl methyl sites for hydroxylation is 1. The highest BCUT2D eigenvalue weighted by molar-refractivity contribution is 5.95. The maximum absolute atomic E-state index is 13.6. The molecule has 0 atom stereocenters. The van der Waals surface area contributed by atoms with E-state index in [4.69, 9.17) is 0 Å². The predicted octanol–water partition coefficient (Wildman–Crippen LogP) is 3.69. The molecule has 0 N–H and O–H groups in total. The van der Waals surface area contributed by atoms with E-state index in [0.717, 1.165) is 29.9 Å². The summed E-state index contributed by atoms with van der Waals surface area (Å²) in [6, 6.07) is 17.4. The number of nitrogens with zero attached hydrogens (tertiary/aromatic N) is 5. The lowest BCUT2D eigenvalue weighted by molar-refractivity contribution is -0.116. The fourth-order valence-electron chi connectivity index (χ4n) is 4.40. The zero-order chi connectivity index (χ0) is 23.9. The van der Waals surface area contributed by atoms with Gasteiger partial charge in [-0.1, -0.05) is 24.3 Å². The molecule has 0 unspecified atom stereocenters. The van der Waals surface area contributed by atoms with Gasteiger partial charge in [0.1, 0.15) is 0 Å². The first kappa shape index (κ1) is 23.6. The molecule has 0 saturated heterocycles. The summed E-state index contributed by atoms with van der Waals surface area (Å²) in [5.41, 5.74) is 4.14. The molecule has 4 rings (SSSR count). The van der Waals surface area contributed by atoms with Crippen molar-refractivity contribution < 1.29 is 9.59 Å². The zero-order valence-corrected chi connectivity index (χ0v) is 19.9. The molecule has 0 fully saturated rings. The number of carbonyl (C=O) groups is 2. The molecular weight excluding hydrogens is 426 g/mol. The van der Waals surface area contributed by atoms with Crippen molar-refractivity contribution in [1.82, 2.24) is 19.8 Å². The van der Waals surface area contributed by atoms with E-state index in [1.165, 1.54) is 0 Å². The van der Waals surface area contributed by atoms with Crippen LogP contribution < -0.4 is 4.90 Å². The van der Waals surface area contributed by atoms with Crippen molar-refractivity contribution in [3.05, 3.63) is 89.5 Å². The van der Waals surface area contributed by atoms with E-state index in [0.29, 0.717) is 44.0 Å². The third-order valence-corrected chi connectivity index (χ3v) is 6.20. The summed E-state index contributed by atoms with van der Waals surface area (Å²) in [4.78, 5) is 41.0. The highest BCUT2D eigenvalue weighted by atomic mass is 16.2. The number of para-hydroxylation sites is 1. The lowest BCUT2D eigenvalue weighted by Crippen LogP contribution is -2.39. The van der Waals surface area contributed by atoms with Crippen molar-refractivity contribution in [1.29, 1.82) is 0 Å². The van der Waals surface area contributed by atoms with Crippen LogP contribution in [0.25, 0.3) is 0 Å². The van der Waals surface area contributed by atoms with Crippen molar-refractivity contribution in [3.63, 3.8) is 0 Å². The summed E-state index contributed by atoms with van der Waals surface area (Å²) in [6.07, 6.45) is 4.33. The Morgan fingerprint density at radius 1 is 0.882 bits per heavy atom. The van der Waals surface area contributed by atoms with Crippen molar-refractivity contribution in [2.75, 3.05) is 31.1 Å². The minimum Gasteiger partial charge on any atom is -0.333 e. The molecule has 0 radical (unpaired) electrons. The van der Waals surface area contributed by atoms with Gasteiger partial charge in [-0.25, -0.2) is 0 Å². The molecule has 176 valence electrons. The van der Waals surface area contributed by atoms with Crippen molar-refractivity contribution in [2.24, 2.45) is 0 Å². The Morgan fingerprint density at radius 3 is 2.44 bits per heavy atom. The number of hydrogen-bond donors (Lipinski definition) is 0. The van der Waals surface area contributed by atoms with E-state index in [-0.39, 0.29) is 11.8 Å². The van der Waals surface area contributed by atoms with E-state index >= 15 is 0 Å². The molecular formula is C27H31N5O2. The summed E-state index contributed by atoms with van der Waals surface area (Å²) in [7, 11) is 0. The van der Waals surface area contributed by atoms with E-state index in [1.807, 2.05) is 65.3 Å². The average Bonchev–Trinajstić information content (AvgIpc) is 2.88. The molecule has 3 aromatic rings. The van der Waals surface area contributed by atoms with Crippen molar-refractivity contribution in [3.8, 4) is 0 Å². The monoisotopic (exact) mass is 457 g/mol. The number of benzene rings is 1. The quantitative estimate of drug-likeness (QED) is 0.600. The van der Waals surface area contributed by atoms with Crippen molar-refractivity contribution >= 4 is 17.5 Å². The first-order chi connectivity index (χ1) is 16.5. The third kappa shape index (κ3) is 5.66. The maximum Gasteiger partial charge on any atom is 0.256 e.